The summed E-state index contributed by atoms with van der Waals surface area (Å²) in [7, 11) is 2.16. The molecule has 4 heteroatoms. The Morgan fingerprint density at radius 2 is 2.16 bits per heavy atom. The molecule has 0 amide bonds. The zero-order valence-corrected chi connectivity index (χ0v) is 13.3. The first kappa shape index (κ1) is 14.7. The van der Waals surface area contributed by atoms with Crippen molar-refractivity contribution in [2.75, 3.05) is 23.5 Å². The topological polar surface area (TPSA) is 42.1 Å². The van der Waals surface area contributed by atoms with Crippen LogP contribution in [0.15, 0.2) is 12.1 Å². The van der Waals surface area contributed by atoms with Crippen molar-refractivity contribution in [2.24, 2.45) is 5.73 Å². The van der Waals surface area contributed by atoms with Crippen molar-refractivity contribution in [1.82, 2.24) is 4.98 Å². The maximum atomic E-state index is 5.83. The third kappa shape index (κ3) is 3.42. The number of anilines is 1. The van der Waals surface area contributed by atoms with Crippen molar-refractivity contribution >= 4 is 17.6 Å². The molecule has 0 radical (unpaired) electrons. The normalized spacial score (nSPS) is 19.7. The highest BCUT2D eigenvalue weighted by atomic mass is 32.2. The molecule has 1 aromatic heterocycles. The van der Waals surface area contributed by atoms with Gasteiger partial charge in [-0.25, -0.2) is 4.98 Å². The number of aromatic nitrogens is 1. The predicted molar refractivity (Wildman–Crippen MR) is 85.0 cm³/mol. The molecule has 2 N–H and O–H groups in total. The molecule has 0 spiro atoms. The third-order valence-corrected chi connectivity index (χ3v) is 4.84. The van der Waals surface area contributed by atoms with Crippen LogP contribution in [0.4, 0.5) is 5.82 Å². The maximum Gasteiger partial charge on any atom is 0.129 e. The summed E-state index contributed by atoms with van der Waals surface area (Å²) in [4.78, 5) is 7.19. The lowest BCUT2D eigenvalue weighted by Crippen LogP contribution is -2.32. The summed E-state index contributed by atoms with van der Waals surface area (Å²) in [6.45, 7) is 7.17. The lowest BCUT2D eigenvalue weighted by Gasteiger charge is -2.28. The van der Waals surface area contributed by atoms with Crippen molar-refractivity contribution in [3.8, 4) is 0 Å². The smallest absolute Gasteiger partial charge is 0.129 e. The summed E-state index contributed by atoms with van der Waals surface area (Å²) in [5, 5.41) is 0. The van der Waals surface area contributed by atoms with Crippen molar-refractivity contribution in [1.29, 1.82) is 0 Å². The van der Waals surface area contributed by atoms with E-state index in [0.29, 0.717) is 12.6 Å². The summed E-state index contributed by atoms with van der Waals surface area (Å²) in [6, 6.07) is 4.89. The van der Waals surface area contributed by atoms with Gasteiger partial charge in [0.2, 0.25) is 0 Å². The molecule has 106 valence electrons. The molecule has 0 saturated carbocycles. The Morgan fingerprint density at radius 3 is 2.68 bits per heavy atom. The standard InChI is InChI=1S/C15H25N3S/c1-15(2,3)13-7-11(9-16)8-14(17-13)18(4)12-5-6-19-10-12/h7-8,12H,5-6,9-10,16H2,1-4H3. The van der Waals surface area contributed by atoms with E-state index < -0.39 is 0 Å². The fourth-order valence-electron chi connectivity index (χ4n) is 2.27. The van der Waals surface area contributed by atoms with Crippen LogP contribution in [0.5, 0.6) is 0 Å². The lowest BCUT2D eigenvalue weighted by atomic mass is 9.90. The van der Waals surface area contributed by atoms with E-state index in [0.717, 1.165) is 11.5 Å². The van der Waals surface area contributed by atoms with E-state index in [1.165, 1.54) is 23.5 Å². The molecule has 2 heterocycles. The Bertz CT molecular complexity index is 434. The Labute approximate surface area is 121 Å². The minimum Gasteiger partial charge on any atom is -0.356 e. The van der Waals surface area contributed by atoms with Gasteiger partial charge in [0.1, 0.15) is 5.82 Å². The van der Waals surface area contributed by atoms with E-state index in [1.54, 1.807) is 0 Å². The molecule has 1 aliphatic rings. The van der Waals surface area contributed by atoms with Gasteiger partial charge in [-0.2, -0.15) is 11.8 Å². The second kappa shape index (κ2) is 5.71. The number of hydrogen-bond donors (Lipinski definition) is 1. The molecule has 2 rings (SSSR count). The van der Waals surface area contributed by atoms with Gasteiger partial charge in [0.05, 0.1) is 0 Å². The molecule has 3 nitrogen and oxygen atoms in total. The SMILES string of the molecule is CN(c1cc(CN)cc(C(C)(C)C)n1)C1CCSC1. The number of nitrogens with zero attached hydrogens (tertiary/aromatic N) is 2. The van der Waals surface area contributed by atoms with Crippen LogP contribution in [-0.2, 0) is 12.0 Å². The quantitative estimate of drug-likeness (QED) is 0.924. The van der Waals surface area contributed by atoms with Crippen molar-refractivity contribution in [2.45, 2.75) is 45.2 Å². The maximum absolute atomic E-state index is 5.83. The fourth-order valence-corrected chi connectivity index (χ4v) is 3.54. The number of nitrogens with two attached hydrogens (primary N) is 1. The highest BCUT2D eigenvalue weighted by Crippen LogP contribution is 2.28. The van der Waals surface area contributed by atoms with Gasteiger partial charge in [0, 0.05) is 36.5 Å². The molecule has 1 unspecified atom stereocenters. The first-order valence-electron chi connectivity index (χ1n) is 6.94. The molecule has 1 atom stereocenters. The minimum absolute atomic E-state index is 0.0607. The van der Waals surface area contributed by atoms with Gasteiger partial charge in [0.25, 0.3) is 0 Å². The number of pyridine rings is 1. The molecule has 0 bridgehead atoms. The van der Waals surface area contributed by atoms with Crippen molar-refractivity contribution in [3.05, 3.63) is 23.4 Å². The Morgan fingerprint density at radius 1 is 1.42 bits per heavy atom. The molecule has 1 aliphatic heterocycles. The zero-order chi connectivity index (χ0) is 14.0. The average molecular weight is 279 g/mol. The van der Waals surface area contributed by atoms with Crippen LogP contribution in [0.2, 0.25) is 0 Å². The third-order valence-electron chi connectivity index (χ3n) is 3.69. The van der Waals surface area contributed by atoms with Gasteiger partial charge >= 0.3 is 0 Å². The summed E-state index contributed by atoms with van der Waals surface area (Å²) < 4.78 is 0. The largest absolute Gasteiger partial charge is 0.356 e. The van der Waals surface area contributed by atoms with Crippen LogP contribution in [-0.4, -0.2) is 29.6 Å². The lowest BCUT2D eigenvalue weighted by molar-refractivity contribution is 0.565. The van der Waals surface area contributed by atoms with Crippen LogP contribution >= 0.6 is 11.8 Å². The summed E-state index contributed by atoms with van der Waals surface area (Å²) in [6.07, 6.45) is 1.25. The van der Waals surface area contributed by atoms with E-state index in [-0.39, 0.29) is 5.41 Å². The van der Waals surface area contributed by atoms with Gasteiger partial charge in [0.15, 0.2) is 0 Å². The fraction of sp³-hybridized carbons (Fsp3) is 0.667. The second-order valence-electron chi connectivity index (χ2n) is 6.30. The number of hydrogen-bond acceptors (Lipinski definition) is 4. The highest BCUT2D eigenvalue weighted by molar-refractivity contribution is 7.99. The first-order chi connectivity index (χ1) is 8.91. The van der Waals surface area contributed by atoms with Gasteiger partial charge < -0.3 is 10.6 Å². The van der Waals surface area contributed by atoms with Crippen LogP contribution in [0.1, 0.15) is 38.4 Å². The Balaban J connectivity index is 2.33. The molecule has 1 aromatic rings. The molecule has 1 fully saturated rings. The summed E-state index contributed by atoms with van der Waals surface area (Å²) in [5.41, 5.74) is 8.20. The molecule has 0 aromatic carbocycles. The summed E-state index contributed by atoms with van der Waals surface area (Å²) in [5.74, 6) is 3.54. The van der Waals surface area contributed by atoms with Crippen molar-refractivity contribution in [3.63, 3.8) is 0 Å². The molecule has 0 aliphatic carbocycles. The van der Waals surface area contributed by atoms with E-state index in [2.05, 4.69) is 44.9 Å². The first-order valence-corrected chi connectivity index (χ1v) is 8.09. The van der Waals surface area contributed by atoms with Crippen LogP contribution < -0.4 is 10.6 Å². The van der Waals surface area contributed by atoms with Gasteiger partial charge in [-0.15, -0.1) is 0 Å². The van der Waals surface area contributed by atoms with E-state index in [4.69, 9.17) is 10.7 Å². The number of rotatable bonds is 3. The van der Waals surface area contributed by atoms with Crippen LogP contribution in [0.25, 0.3) is 0 Å². The Kier molecular flexibility index (Phi) is 4.41. The molecule has 1 saturated heterocycles. The number of thioether (sulfide) groups is 1. The van der Waals surface area contributed by atoms with Crippen LogP contribution in [0, 0.1) is 0 Å². The van der Waals surface area contributed by atoms with E-state index in [1.807, 2.05) is 11.8 Å². The highest BCUT2D eigenvalue weighted by Gasteiger charge is 2.23. The Hall–Kier alpha value is -0.740. The minimum atomic E-state index is 0.0607. The monoisotopic (exact) mass is 279 g/mol. The van der Waals surface area contributed by atoms with Gasteiger partial charge in [-0.3, -0.25) is 0 Å². The molecular weight excluding hydrogens is 254 g/mol. The molecular formula is C15H25N3S. The van der Waals surface area contributed by atoms with E-state index >= 15 is 0 Å². The predicted octanol–water partition coefficient (Wildman–Crippen LogP) is 2.78. The molecule has 19 heavy (non-hydrogen) atoms. The van der Waals surface area contributed by atoms with Gasteiger partial charge in [-0.1, -0.05) is 20.8 Å². The van der Waals surface area contributed by atoms with Crippen LogP contribution in [0.3, 0.4) is 0 Å². The van der Waals surface area contributed by atoms with E-state index in [9.17, 15) is 0 Å². The van der Waals surface area contributed by atoms with Gasteiger partial charge in [-0.05, 0) is 29.9 Å². The van der Waals surface area contributed by atoms with Crippen molar-refractivity contribution < 1.29 is 0 Å². The average Bonchev–Trinajstić information content (AvgIpc) is 2.90. The second-order valence-corrected chi connectivity index (χ2v) is 7.45. The zero-order valence-electron chi connectivity index (χ0n) is 12.4. The summed E-state index contributed by atoms with van der Waals surface area (Å²) >= 11 is 2.03.